The number of aryl methyl sites for hydroxylation is 4. The van der Waals surface area contributed by atoms with Crippen LogP contribution in [0.3, 0.4) is 0 Å². The predicted molar refractivity (Wildman–Crippen MR) is 120 cm³/mol. The van der Waals surface area contributed by atoms with Gasteiger partial charge in [-0.3, -0.25) is 4.79 Å². The van der Waals surface area contributed by atoms with Crippen LogP contribution in [0.4, 0.5) is 0 Å². The number of carbonyl (C=O) groups excluding carboxylic acids is 1. The fourth-order valence-electron chi connectivity index (χ4n) is 3.59. The molecule has 31 heavy (non-hydrogen) atoms. The first-order valence-electron chi connectivity index (χ1n) is 10.4. The molecule has 8 nitrogen and oxygen atoms in total. The number of thiophene rings is 1. The van der Waals surface area contributed by atoms with Crippen molar-refractivity contribution in [2.45, 2.75) is 53.5 Å². The van der Waals surface area contributed by atoms with Crippen LogP contribution >= 0.6 is 11.3 Å². The Balaban J connectivity index is 1.62. The van der Waals surface area contributed by atoms with Crippen molar-refractivity contribution in [3.8, 4) is 11.3 Å². The lowest BCUT2D eigenvalue weighted by atomic mass is 10.1. The Kier molecular flexibility index (Phi) is 5.86. The van der Waals surface area contributed by atoms with Crippen molar-refractivity contribution in [2.75, 3.05) is 6.54 Å². The van der Waals surface area contributed by atoms with Crippen molar-refractivity contribution in [2.24, 2.45) is 0 Å². The number of hydrogen-bond acceptors (Lipinski definition) is 7. The second-order valence-corrected chi connectivity index (χ2v) is 9.36. The number of nitrogens with one attached hydrogen (secondary N) is 1. The van der Waals surface area contributed by atoms with Crippen LogP contribution in [0.15, 0.2) is 22.9 Å². The monoisotopic (exact) mass is 438 g/mol. The molecule has 4 aromatic heterocycles. The third kappa shape index (κ3) is 4.36. The highest BCUT2D eigenvalue weighted by Gasteiger charge is 2.19. The van der Waals surface area contributed by atoms with E-state index in [0.717, 1.165) is 22.3 Å². The fourth-order valence-corrected chi connectivity index (χ4v) is 4.52. The van der Waals surface area contributed by atoms with Gasteiger partial charge in [0.15, 0.2) is 11.5 Å². The highest BCUT2D eigenvalue weighted by molar-refractivity contribution is 7.12. The van der Waals surface area contributed by atoms with E-state index in [-0.39, 0.29) is 11.9 Å². The lowest BCUT2D eigenvalue weighted by Crippen LogP contribution is -2.25. The van der Waals surface area contributed by atoms with Gasteiger partial charge in [-0.05, 0) is 53.2 Å². The summed E-state index contributed by atoms with van der Waals surface area (Å²) in [6, 6.07) is 4.14. The highest BCUT2D eigenvalue weighted by Crippen LogP contribution is 2.32. The van der Waals surface area contributed by atoms with Crippen LogP contribution in [-0.2, 0) is 6.42 Å². The van der Waals surface area contributed by atoms with E-state index in [1.54, 1.807) is 24.5 Å². The maximum absolute atomic E-state index is 13.1. The van der Waals surface area contributed by atoms with Crippen LogP contribution in [-0.4, -0.2) is 37.4 Å². The van der Waals surface area contributed by atoms with E-state index in [4.69, 9.17) is 9.51 Å². The van der Waals surface area contributed by atoms with E-state index in [9.17, 15) is 4.79 Å². The normalized spacial score (nSPS) is 11.5. The Hall–Kier alpha value is -3.07. The Morgan fingerprint density at radius 1 is 1.23 bits per heavy atom. The number of hydrogen-bond donors (Lipinski definition) is 1. The summed E-state index contributed by atoms with van der Waals surface area (Å²) in [5.74, 6) is 1.07. The van der Waals surface area contributed by atoms with E-state index in [1.165, 1.54) is 9.75 Å². The van der Waals surface area contributed by atoms with Crippen LogP contribution in [0.2, 0.25) is 0 Å². The average molecular weight is 439 g/mol. The molecule has 0 radical (unpaired) electrons. The molecule has 9 heteroatoms. The van der Waals surface area contributed by atoms with Gasteiger partial charge in [0.25, 0.3) is 5.91 Å². The van der Waals surface area contributed by atoms with Gasteiger partial charge >= 0.3 is 0 Å². The van der Waals surface area contributed by atoms with Gasteiger partial charge in [-0.1, -0.05) is 5.16 Å². The summed E-state index contributed by atoms with van der Waals surface area (Å²) in [7, 11) is 0. The largest absolute Gasteiger partial charge is 0.352 e. The molecule has 1 N–H and O–H groups in total. The minimum atomic E-state index is -0.136. The molecule has 0 fully saturated rings. The summed E-state index contributed by atoms with van der Waals surface area (Å²) < 4.78 is 6.99. The predicted octanol–water partition coefficient (Wildman–Crippen LogP) is 4.41. The molecule has 0 spiro atoms. The molecule has 4 heterocycles. The number of nitrogens with zero attached hydrogens (tertiary/aromatic N) is 5. The highest BCUT2D eigenvalue weighted by atomic mass is 32.1. The molecule has 0 bridgehead atoms. The van der Waals surface area contributed by atoms with Gasteiger partial charge in [0.2, 0.25) is 5.89 Å². The molecule has 1 amide bonds. The molecule has 0 saturated carbocycles. The molecule has 0 unspecified atom stereocenters. The SMILES string of the molecule is Cc1noc(CCCNC(=O)c2cc(-c3cc(C)sc3C)nc3c2cnn3C(C)C)n1. The second-order valence-electron chi connectivity index (χ2n) is 7.90. The van der Waals surface area contributed by atoms with Gasteiger partial charge < -0.3 is 9.84 Å². The quantitative estimate of drug-likeness (QED) is 0.429. The first-order valence-corrected chi connectivity index (χ1v) is 11.2. The summed E-state index contributed by atoms with van der Waals surface area (Å²) in [4.78, 5) is 24.6. The lowest BCUT2D eigenvalue weighted by Gasteiger charge is -2.11. The van der Waals surface area contributed by atoms with Crippen LogP contribution in [0.5, 0.6) is 0 Å². The zero-order chi connectivity index (χ0) is 22.1. The molecule has 0 aliphatic rings. The van der Waals surface area contributed by atoms with Gasteiger partial charge in [-0.2, -0.15) is 10.1 Å². The Morgan fingerprint density at radius 3 is 2.68 bits per heavy atom. The summed E-state index contributed by atoms with van der Waals surface area (Å²) in [6.45, 7) is 10.6. The second kappa shape index (κ2) is 8.58. The third-order valence-electron chi connectivity index (χ3n) is 5.04. The maximum atomic E-state index is 13.1. The number of rotatable bonds is 7. The van der Waals surface area contributed by atoms with Crippen LogP contribution in [0.1, 0.15) is 58.1 Å². The smallest absolute Gasteiger partial charge is 0.252 e. The number of amides is 1. The Labute approximate surface area is 184 Å². The third-order valence-corrected chi connectivity index (χ3v) is 6.01. The van der Waals surface area contributed by atoms with E-state index in [2.05, 4.69) is 54.3 Å². The summed E-state index contributed by atoms with van der Waals surface area (Å²) >= 11 is 1.73. The van der Waals surface area contributed by atoms with Gasteiger partial charge in [-0.15, -0.1) is 11.3 Å². The molecule has 4 aromatic rings. The molecule has 0 aliphatic heterocycles. The minimum absolute atomic E-state index is 0.136. The van der Waals surface area contributed by atoms with Crippen molar-refractivity contribution in [1.29, 1.82) is 0 Å². The number of fused-ring (bicyclic) bond motifs is 1. The number of pyridine rings is 1. The molecule has 0 aliphatic carbocycles. The Bertz CT molecular complexity index is 1240. The topological polar surface area (TPSA) is 98.7 Å². The van der Waals surface area contributed by atoms with Crippen LogP contribution < -0.4 is 5.32 Å². The molecule has 0 saturated heterocycles. The van der Waals surface area contributed by atoms with Crippen molar-refractivity contribution in [3.63, 3.8) is 0 Å². The Morgan fingerprint density at radius 2 is 2.03 bits per heavy atom. The van der Waals surface area contributed by atoms with Crippen molar-refractivity contribution in [3.05, 3.63) is 45.4 Å². The van der Waals surface area contributed by atoms with Gasteiger partial charge in [0.1, 0.15) is 0 Å². The van der Waals surface area contributed by atoms with E-state index < -0.39 is 0 Å². The first kappa shape index (κ1) is 21.2. The van der Waals surface area contributed by atoms with Crippen molar-refractivity contribution < 1.29 is 9.32 Å². The first-order chi connectivity index (χ1) is 14.8. The fraction of sp³-hybridized carbons (Fsp3) is 0.409. The minimum Gasteiger partial charge on any atom is -0.352 e. The zero-order valence-corrected chi connectivity index (χ0v) is 19.2. The molecule has 162 valence electrons. The van der Waals surface area contributed by atoms with Gasteiger partial charge in [0.05, 0.1) is 22.8 Å². The number of aromatic nitrogens is 5. The zero-order valence-electron chi connectivity index (χ0n) is 18.4. The summed E-state index contributed by atoms with van der Waals surface area (Å²) in [6.07, 6.45) is 3.06. The molecule has 0 atom stereocenters. The maximum Gasteiger partial charge on any atom is 0.252 e. The van der Waals surface area contributed by atoms with Crippen LogP contribution in [0.25, 0.3) is 22.3 Å². The summed E-state index contributed by atoms with van der Waals surface area (Å²) in [5.41, 5.74) is 3.16. The molecular formula is C22H26N6O2S. The van der Waals surface area contributed by atoms with E-state index >= 15 is 0 Å². The van der Waals surface area contributed by atoms with Crippen molar-refractivity contribution >= 4 is 28.3 Å². The van der Waals surface area contributed by atoms with Crippen LogP contribution in [0, 0.1) is 20.8 Å². The molecule has 4 rings (SSSR count). The van der Waals surface area contributed by atoms with E-state index in [1.807, 2.05) is 10.7 Å². The number of carbonyl (C=O) groups is 1. The summed E-state index contributed by atoms with van der Waals surface area (Å²) in [5, 5.41) is 12.0. The van der Waals surface area contributed by atoms with Crippen molar-refractivity contribution in [1.82, 2.24) is 30.2 Å². The van der Waals surface area contributed by atoms with Gasteiger partial charge in [0, 0.05) is 34.3 Å². The van der Waals surface area contributed by atoms with Gasteiger partial charge in [-0.25, -0.2) is 9.67 Å². The molecule has 0 aromatic carbocycles. The average Bonchev–Trinajstić information content (AvgIpc) is 3.42. The molecular weight excluding hydrogens is 412 g/mol. The standard InChI is InChI=1S/C22H26N6O2S/c1-12(2)28-21-18(11-24-28)17(10-19(26-21)16-9-13(3)31-14(16)4)22(29)23-8-6-7-20-25-15(5)27-30-20/h9-12H,6-8H2,1-5H3,(H,23,29). The lowest BCUT2D eigenvalue weighted by molar-refractivity contribution is 0.0954. The van der Waals surface area contributed by atoms with E-state index in [0.29, 0.717) is 36.7 Å².